The quantitative estimate of drug-likeness (QED) is 0.696. The highest BCUT2D eigenvalue weighted by molar-refractivity contribution is 5.69. The number of ether oxygens (including phenoxy) is 1. The predicted octanol–water partition coefficient (Wildman–Crippen LogP) is 1.55. The Morgan fingerprint density at radius 2 is 2.00 bits per heavy atom. The average molecular weight is 212 g/mol. The summed E-state index contributed by atoms with van der Waals surface area (Å²) in [5, 5.41) is 0. The number of urea groups is 1. The van der Waals surface area contributed by atoms with Crippen LogP contribution in [0, 0.1) is 5.92 Å². The second-order valence-electron chi connectivity index (χ2n) is 4.33. The van der Waals surface area contributed by atoms with Crippen LogP contribution in [0.1, 0.15) is 32.1 Å². The van der Waals surface area contributed by atoms with Gasteiger partial charge in [0.25, 0.3) is 0 Å². The summed E-state index contributed by atoms with van der Waals surface area (Å²) in [5.41, 5.74) is 8.79. The zero-order valence-electron chi connectivity index (χ0n) is 9.08. The number of hydrogen-bond acceptors (Lipinski definition) is 2. The lowest BCUT2D eigenvalue weighted by Crippen LogP contribution is -2.26. The van der Waals surface area contributed by atoms with Gasteiger partial charge in [-0.05, 0) is 38.0 Å². The van der Waals surface area contributed by atoms with Crippen molar-refractivity contribution in [1.82, 2.24) is 0 Å². The standard InChI is InChI=1S/C10H16O.CH4N2O/c1-2-7-11-10-5-3-9(8-10)4-6-10;2-1(3)4/h2,9H,1,3-8H2;(H4,2,3,4). The van der Waals surface area contributed by atoms with E-state index in [2.05, 4.69) is 18.0 Å². The van der Waals surface area contributed by atoms with Gasteiger partial charge in [0.05, 0.1) is 12.2 Å². The van der Waals surface area contributed by atoms with Crippen molar-refractivity contribution in [3.8, 4) is 0 Å². The molecule has 2 aliphatic carbocycles. The molecule has 0 unspecified atom stereocenters. The summed E-state index contributed by atoms with van der Waals surface area (Å²) in [6.07, 6.45) is 8.58. The SMILES string of the molecule is C=CCOC12CCC(CC1)C2.NC(N)=O. The van der Waals surface area contributed by atoms with Crippen LogP contribution in [0.4, 0.5) is 4.79 Å². The average Bonchev–Trinajstić information content (AvgIpc) is 2.74. The van der Waals surface area contributed by atoms with Crippen LogP contribution in [-0.2, 0) is 4.74 Å². The van der Waals surface area contributed by atoms with Gasteiger partial charge in [0.15, 0.2) is 0 Å². The molecule has 4 N–H and O–H groups in total. The molecule has 0 atom stereocenters. The predicted molar refractivity (Wildman–Crippen MR) is 59.2 cm³/mol. The highest BCUT2D eigenvalue weighted by atomic mass is 16.5. The van der Waals surface area contributed by atoms with Crippen molar-refractivity contribution in [2.75, 3.05) is 6.61 Å². The molecule has 2 fully saturated rings. The Kier molecular flexibility index (Phi) is 4.15. The number of hydrogen-bond donors (Lipinski definition) is 2. The fraction of sp³-hybridized carbons (Fsp3) is 0.727. The fourth-order valence-corrected chi connectivity index (χ4v) is 2.58. The minimum Gasteiger partial charge on any atom is -0.371 e. The van der Waals surface area contributed by atoms with Crippen LogP contribution in [0.3, 0.4) is 0 Å². The van der Waals surface area contributed by atoms with Crippen molar-refractivity contribution in [3.63, 3.8) is 0 Å². The van der Waals surface area contributed by atoms with Gasteiger partial charge in [-0.1, -0.05) is 6.08 Å². The maximum Gasteiger partial charge on any atom is 0.309 e. The first kappa shape index (κ1) is 12.0. The topological polar surface area (TPSA) is 78.3 Å². The monoisotopic (exact) mass is 212 g/mol. The second-order valence-corrected chi connectivity index (χ2v) is 4.33. The van der Waals surface area contributed by atoms with Crippen LogP contribution in [0.15, 0.2) is 12.7 Å². The maximum absolute atomic E-state index is 9.00. The largest absolute Gasteiger partial charge is 0.371 e. The van der Waals surface area contributed by atoms with Gasteiger partial charge >= 0.3 is 6.03 Å². The summed E-state index contributed by atoms with van der Waals surface area (Å²) < 4.78 is 5.81. The minimum atomic E-state index is -0.833. The highest BCUT2D eigenvalue weighted by Crippen LogP contribution is 2.49. The maximum atomic E-state index is 9.00. The highest BCUT2D eigenvalue weighted by Gasteiger charge is 2.45. The summed E-state index contributed by atoms with van der Waals surface area (Å²) in [7, 11) is 0. The first-order chi connectivity index (χ1) is 7.08. The van der Waals surface area contributed by atoms with E-state index in [4.69, 9.17) is 9.53 Å². The molecule has 4 nitrogen and oxygen atoms in total. The number of carbonyl (C=O) groups excluding carboxylic acids is 1. The number of amides is 2. The minimum absolute atomic E-state index is 0.291. The molecule has 2 amide bonds. The molecule has 2 bridgehead atoms. The molecule has 15 heavy (non-hydrogen) atoms. The molecule has 0 aromatic rings. The summed E-state index contributed by atoms with van der Waals surface area (Å²) in [5.74, 6) is 0.986. The van der Waals surface area contributed by atoms with Gasteiger partial charge in [0, 0.05) is 0 Å². The van der Waals surface area contributed by atoms with Crippen molar-refractivity contribution in [2.24, 2.45) is 17.4 Å². The van der Waals surface area contributed by atoms with Gasteiger partial charge in [0.1, 0.15) is 0 Å². The van der Waals surface area contributed by atoms with Gasteiger partial charge in [-0.15, -0.1) is 6.58 Å². The Balaban J connectivity index is 0.000000245. The normalized spacial score (nSPS) is 31.9. The molecule has 0 spiro atoms. The summed E-state index contributed by atoms with van der Waals surface area (Å²) >= 11 is 0. The molecule has 2 aliphatic rings. The summed E-state index contributed by atoms with van der Waals surface area (Å²) in [6, 6.07) is -0.833. The second kappa shape index (κ2) is 5.16. The van der Waals surface area contributed by atoms with E-state index in [0.717, 1.165) is 12.5 Å². The van der Waals surface area contributed by atoms with Crippen LogP contribution in [0.5, 0.6) is 0 Å². The van der Waals surface area contributed by atoms with Gasteiger partial charge in [0.2, 0.25) is 0 Å². The third-order valence-corrected chi connectivity index (χ3v) is 3.18. The van der Waals surface area contributed by atoms with E-state index >= 15 is 0 Å². The van der Waals surface area contributed by atoms with Crippen molar-refractivity contribution < 1.29 is 9.53 Å². The summed E-state index contributed by atoms with van der Waals surface area (Å²) in [6.45, 7) is 4.42. The smallest absolute Gasteiger partial charge is 0.309 e. The molecule has 0 saturated heterocycles. The molecule has 0 aromatic heterocycles. The van der Waals surface area contributed by atoms with E-state index in [1.165, 1.54) is 32.1 Å². The molecular formula is C11H20N2O2. The lowest BCUT2D eigenvalue weighted by atomic mass is 9.97. The van der Waals surface area contributed by atoms with E-state index in [0.29, 0.717) is 5.60 Å². The molecule has 2 saturated carbocycles. The van der Waals surface area contributed by atoms with Crippen LogP contribution >= 0.6 is 0 Å². The van der Waals surface area contributed by atoms with Gasteiger partial charge in [-0.2, -0.15) is 0 Å². The molecule has 2 rings (SSSR count). The van der Waals surface area contributed by atoms with E-state index in [1.54, 1.807) is 0 Å². The summed E-state index contributed by atoms with van der Waals surface area (Å²) in [4.78, 5) is 9.00. The zero-order chi connectivity index (χ0) is 11.3. The lowest BCUT2D eigenvalue weighted by molar-refractivity contribution is -0.0218. The number of rotatable bonds is 3. The molecule has 0 aliphatic heterocycles. The number of primary amides is 2. The first-order valence-corrected chi connectivity index (χ1v) is 5.38. The fourth-order valence-electron chi connectivity index (χ4n) is 2.58. The number of nitrogens with two attached hydrogens (primary N) is 2. The molecule has 0 heterocycles. The lowest BCUT2D eigenvalue weighted by Gasteiger charge is -2.26. The van der Waals surface area contributed by atoms with Crippen LogP contribution in [0.2, 0.25) is 0 Å². The molecular weight excluding hydrogens is 192 g/mol. The van der Waals surface area contributed by atoms with Gasteiger partial charge < -0.3 is 16.2 Å². The van der Waals surface area contributed by atoms with Crippen LogP contribution < -0.4 is 11.5 Å². The Labute approximate surface area is 90.6 Å². The Hall–Kier alpha value is -1.03. The van der Waals surface area contributed by atoms with Crippen molar-refractivity contribution in [3.05, 3.63) is 12.7 Å². The number of fused-ring (bicyclic) bond motifs is 2. The van der Waals surface area contributed by atoms with Gasteiger partial charge in [-0.3, -0.25) is 0 Å². The molecule has 0 radical (unpaired) electrons. The first-order valence-electron chi connectivity index (χ1n) is 5.38. The van der Waals surface area contributed by atoms with E-state index in [-0.39, 0.29) is 0 Å². The Bertz CT molecular complexity index is 229. The van der Waals surface area contributed by atoms with Crippen molar-refractivity contribution in [1.29, 1.82) is 0 Å². The van der Waals surface area contributed by atoms with E-state index in [9.17, 15) is 0 Å². The van der Waals surface area contributed by atoms with E-state index in [1.807, 2.05) is 6.08 Å². The van der Waals surface area contributed by atoms with E-state index < -0.39 is 6.03 Å². The third-order valence-electron chi connectivity index (χ3n) is 3.18. The Morgan fingerprint density at radius 3 is 2.33 bits per heavy atom. The molecule has 4 heteroatoms. The zero-order valence-corrected chi connectivity index (χ0v) is 9.08. The third kappa shape index (κ3) is 3.55. The molecule has 86 valence electrons. The Morgan fingerprint density at radius 1 is 1.47 bits per heavy atom. The van der Waals surface area contributed by atoms with Crippen molar-refractivity contribution >= 4 is 6.03 Å². The van der Waals surface area contributed by atoms with Gasteiger partial charge in [-0.25, -0.2) is 4.79 Å². The van der Waals surface area contributed by atoms with Crippen molar-refractivity contribution in [2.45, 2.75) is 37.7 Å². The molecule has 0 aromatic carbocycles. The van der Waals surface area contributed by atoms with Crippen LogP contribution in [0.25, 0.3) is 0 Å². The van der Waals surface area contributed by atoms with Crippen LogP contribution in [-0.4, -0.2) is 18.2 Å². The number of carbonyl (C=O) groups is 1.